The van der Waals surface area contributed by atoms with Gasteiger partial charge in [0.25, 0.3) is 0 Å². The Hall–Kier alpha value is -1.46. The zero-order chi connectivity index (χ0) is 15.6. The number of aliphatic imine (C=N–C) groups is 1. The fourth-order valence-electron chi connectivity index (χ4n) is 3.54. The molecule has 1 fully saturated rings. The standard InChI is InChI=1S/C18H23N3OS/c22-9-8-14-11-23-18(20-14)16-10-12-4-3-7-15(17(12)21-16)19-13-5-1-2-6-13/h3-4,7,10,13-14,19,21-22H,1-2,5-6,8-9,11H2/t14-/m1/s1. The Labute approximate surface area is 140 Å². The van der Waals surface area contributed by atoms with Crippen LogP contribution in [0.3, 0.4) is 0 Å². The van der Waals surface area contributed by atoms with Crippen LogP contribution < -0.4 is 5.32 Å². The van der Waals surface area contributed by atoms with Crippen LogP contribution in [0.2, 0.25) is 0 Å². The molecule has 4 nitrogen and oxygen atoms in total. The van der Waals surface area contributed by atoms with Crippen LogP contribution in [0.5, 0.6) is 0 Å². The molecule has 1 aromatic heterocycles. The van der Waals surface area contributed by atoms with Gasteiger partial charge in [-0.05, 0) is 31.4 Å². The van der Waals surface area contributed by atoms with Crippen LogP contribution in [0.4, 0.5) is 5.69 Å². The third-order valence-electron chi connectivity index (χ3n) is 4.78. The zero-order valence-electron chi connectivity index (χ0n) is 13.2. The molecule has 3 N–H and O–H groups in total. The smallest absolute Gasteiger partial charge is 0.114 e. The van der Waals surface area contributed by atoms with Crippen molar-refractivity contribution in [2.75, 3.05) is 17.7 Å². The number of hydrogen-bond acceptors (Lipinski definition) is 4. The highest BCUT2D eigenvalue weighted by Gasteiger charge is 2.21. The van der Waals surface area contributed by atoms with Crippen LogP contribution >= 0.6 is 11.8 Å². The predicted octanol–water partition coefficient (Wildman–Crippen LogP) is 3.77. The molecule has 1 atom stereocenters. The average Bonchev–Trinajstić information content (AvgIpc) is 3.27. The van der Waals surface area contributed by atoms with E-state index in [0.29, 0.717) is 6.04 Å². The molecule has 0 bridgehead atoms. The van der Waals surface area contributed by atoms with Gasteiger partial charge >= 0.3 is 0 Å². The van der Waals surface area contributed by atoms with Gasteiger partial charge in [-0.25, -0.2) is 0 Å². The minimum atomic E-state index is 0.212. The highest BCUT2D eigenvalue weighted by Crippen LogP contribution is 2.31. The fourth-order valence-corrected chi connectivity index (χ4v) is 4.62. The van der Waals surface area contributed by atoms with E-state index in [2.05, 4.69) is 34.6 Å². The number of para-hydroxylation sites is 1. The van der Waals surface area contributed by atoms with Crippen molar-refractivity contribution < 1.29 is 5.11 Å². The molecule has 1 saturated carbocycles. The summed E-state index contributed by atoms with van der Waals surface area (Å²) in [6.45, 7) is 0.212. The van der Waals surface area contributed by atoms with E-state index in [1.54, 1.807) is 11.8 Å². The summed E-state index contributed by atoms with van der Waals surface area (Å²) >= 11 is 1.78. The largest absolute Gasteiger partial charge is 0.396 e. The number of thioether (sulfide) groups is 1. The van der Waals surface area contributed by atoms with Crippen molar-refractivity contribution >= 4 is 33.4 Å². The van der Waals surface area contributed by atoms with Gasteiger partial charge in [0.2, 0.25) is 0 Å². The highest BCUT2D eigenvalue weighted by molar-refractivity contribution is 8.14. The lowest BCUT2D eigenvalue weighted by molar-refractivity contribution is 0.280. The number of H-pyrrole nitrogens is 1. The first-order chi connectivity index (χ1) is 11.3. The topological polar surface area (TPSA) is 60.4 Å². The van der Waals surface area contributed by atoms with E-state index in [-0.39, 0.29) is 12.6 Å². The van der Waals surface area contributed by atoms with Crippen LogP contribution in [-0.4, -0.2) is 39.6 Å². The molecule has 0 amide bonds. The number of rotatable bonds is 5. The molecule has 5 heteroatoms. The molecular weight excluding hydrogens is 306 g/mol. The zero-order valence-corrected chi connectivity index (χ0v) is 14.0. The third kappa shape index (κ3) is 3.12. The van der Waals surface area contributed by atoms with Gasteiger partial charge in [0.1, 0.15) is 5.04 Å². The van der Waals surface area contributed by atoms with Crippen molar-refractivity contribution in [3.05, 3.63) is 30.0 Å². The van der Waals surface area contributed by atoms with E-state index >= 15 is 0 Å². The summed E-state index contributed by atoms with van der Waals surface area (Å²) in [6.07, 6.45) is 5.97. The van der Waals surface area contributed by atoms with Crippen molar-refractivity contribution in [3.63, 3.8) is 0 Å². The van der Waals surface area contributed by atoms with Gasteiger partial charge in [-0.2, -0.15) is 0 Å². The molecule has 23 heavy (non-hydrogen) atoms. The van der Waals surface area contributed by atoms with E-state index in [9.17, 15) is 0 Å². The summed E-state index contributed by atoms with van der Waals surface area (Å²) in [5.74, 6) is 0.971. The number of aliphatic hydroxyl groups excluding tert-OH is 1. The van der Waals surface area contributed by atoms with Crippen LogP contribution in [0.25, 0.3) is 10.9 Å². The predicted molar refractivity (Wildman–Crippen MR) is 98.7 cm³/mol. The molecular formula is C18H23N3OS. The number of aliphatic hydroxyl groups is 1. The maximum Gasteiger partial charge on any atom is 0.114 e. The fraction of sp³-hybridized carbons (Fsp3) is 0.500. The van der Waals surface area contributed by atoms with Crippen molar-refractivity contribution in [1.29, 1.82) is 0 Å². The van der Waals surface area contributed by atoms with Crippen LogP contribution in [0.15, 0.2) is 29.3 Å². The normalized spacial score (nSPS) is 22.0. The second kappa shape index (κ2) is 6.57. The first-order valence-corrected chi connectivity index (χ1v) is 9.52. The van der Waals surface area contributed by atoms with Crippen molar-refractivity contribution in [1.82, 2.24) is 4.98 Å². The van der Waals surface area contributed by atoms with Crippen LogP contribution in [0, 0.1) is 0 Å². The van der Waals surface area contributed by atoms with Gasteiger partial charge in [0, 0.05) is 23.8 Å². The molecule has 1 aliphatic carbocycles. The number of benzene rings is 1. The monoisotopic (exact) mass is 329 g/mol. The minimum absolute atomic E-state index is 0.212. The van der Waals surface area contributed by atoms with Crippen LogP contribution in [-0.2, 0) is 0 Å². The molecule has 2 aliphatic rings. The van der Waals surface area contributed by atoms with E-state index in [1.165, 1.54) is 42.3 Å². The Bertz CT molecular complexity index is 718. The summed E-state index contributed by atoms with van der Waals surface area (Å²) in [4.78, 5) is 8.31. The van der Waals surface area contributed by atoms with Crippen molar-refractivity contribution in [2.24, 2.45) is 4.99 Å². The lowest BCUT2D eigenvalue weighted by Crippen LogP contribution is -2.14. The summed E-state index contributed by atoms with van der Waals surface area (Å²) in [5.41, 5.74) is 3.49. The minimum Gasteiger partial charge on any atom is -0.396 e. The highest BCUT2D eigenvalue weighted by atomic mass is 32.2. The number of nitrogens with zero attached hydrogens (tertiary/aromatic N) is 1. The Balaban J connectivity index is 1.61. The summed E-state index contributed by atoms with van der Waals surface area (Å²) in [7, 11) is 0. The van der Waals surface area contributed by atoms with Gasteiger partial charge in [-0.3, -0.25) is 4.99 Å². The Kier molecular flexibility index (Phi) is 4.31. The van der Waals surface area contributed by atoms with E-state index in [4.69, 9.17) is 10.1 Å². The summed E-state index contributed by atoms with van der Waals surface area (Å²) in [5, 5.41) is 15.1. The number of aromatic amines is 1. The van der Waals surface area contributed by atoms with E-state index < -0.39 is 0 Å². The molecule has 1 aromatic carbocycles. The first-order valence-electron chi connectivity index (χ1n) is 8.53. The molecule has 0 saturated heterocycles. The van der Waals surface area contributed by atoms with E-state index in [1.807, 2.05) is 0 Å². The molecule has 2 aromatic rings. The second-order valence-electron chi connectivity index (χ2n) is 6.49. The average molecular weight is 329 g/mol. The molecule has 0 spiro atoms. The molecule has 122 valence electrons. The summed E-state index contributed by atoms with van der Waals surface area (Å²) < 4.78 is 0. The SMILES string of the molecule is OCC[C@@H]1CSC(c2cc3cccc(NC4CCCC4)c3[nH]2)=N1. The van der Waals surface area contributed by atoms with Crippen molar-refractivity contribution in [2.45, 2.75) is 44.2 Å². The first kappa shape index (κ1) is 15.1. The lowest BCUT2D eigenvalue weighted by Gasteiger charge is -2.14. The quantitative estimate of drug-likeness (QED) is 0.782. The Morgan fingerprint density at radius 3 is 3.00 bits per heavy atom. The van der Waals surface area contributed by atoms with Gasteiger partial charge in [-0.1, -0.05) is 25.0 Å². The number of nitrogens with one attached hydrogen (secondary N) is 2. The Morgan fingerprint density at radius 1 is 1.30 bits per heavy atom. The number of anilines is 1. The third-order valence-corrected chi connectivity index (χ3v) is 5.93. The summed E-state index contributed by atoms with van der Waals surface area (Å²) in [6, 6.07) is 9.50. The number of fused-ring (bicyclic) bond motifs is 1. The molecule has 0 unspecified atom stereocenters. The maximum atomic E-state index is 9.08. The number of aromatic nitrogens is 1. The van der Waals surface area contributed by atoms with Gasteiger partial charge in [-0.15, -0.1) is 11.8 Å². The number of hydrogen-bond donors (Lipinski definition) is 3. The van der Waals surface area contributed by atoms with E-state index in [0.717, 1.165) is 22.9 Å². The van der Waals surface area contributed by atoms with Crippen molar-refractivity contribution in [3.8, 4) is 0 Å². The lowest BCUT2D eigenvalue weighted by atomic mass is 10.2. The molecule has 2 heterocycles. The van der Waals surface area contributed by atoms with Gasteiger partial charge in [0.15, 0.2) is 0 Å². The van der Waals surface area contributed by atoms with Gasteiger partial charge in [0.05, 0.1) is 22.9 Å². The molecule has 0 radical (unpaired) electrons. The van der Waals surface area contributed by atoms with Gasteiger partial charge < -0.3 is 15.4 Å². The second-order valence-corrected chi connectivity index (χ2v) is 7.50. The molecule has 4 rings (SSSR count). The maximum absolute atomic E-state index is 9.08. The molecule has 1 aliphatic heterocycles. The Morgan fingerprint density at radius 2 is 2.17 bits per heavy atom. The van der Waals surface area contributed by atoms with Crippen LogP contribution in [0.1, 0.15) is 37.8 Å².